The van der Waals surface area contributed by atoms with Crippen molar-refractivity contribution >= 4 is 76.8 Å². The number of furan rings is 1. The van der Waals surface area contributed by atoms with Crippen LogP contribution in [0.5, 0.6) is 0 Å². The molecule has 0 atom stereocenters. The van der Waals surface area contributed by atoms with Crippen molar-refractivity contribution in [3.05, 3.63) is 181 Å². The van der Waals surface area contributed by atoms with Crippen molar-refractivity contribution in [3.8, 4) is 11.1 Å². The fraction of sp³-hybridized carbons (Fsp3) is 0.0417. The van der Waals surface area contributed by atoms with Gasteiger partial charge in [-0.05, 0) is 109 Å². The van der Waals surface area contributed by atoms with Gasteiger partial charge in [0.05, 0.1) is 5.69 Å². The largest absolute Gasteiger partial charge is 0.455 e. The van der Waals surface area contributed by atoms with Gasteiger partial charge in [0.1, 0.15) is 11.2 Å². The Morgan fingerprint density at radius 1 is 0.420 bits per heavy atom. The smallest absolute Gasteiger partial charge is 0.145 e. The zero-order valence-corrected chi connectivity index (χ0v) is 27.5. The van der Waals surface area contributed by atoms with Crippen LogP contribution < -0.4 is 5.32 Å². The first kappa shape index (κ1) is 28.6. The van der Waals surface area contributed by atoms with Crippen LogP contribution in [0.15, 0.2) is 174 Å². The molecule has 1 aliphatic carbocycles. The van der Waals surface area contributed by atoms with Crippen LogP contribution in [0.1, 0.15) is 24.0 Å². The van der Waals surface area contributed by atoms with E-state index >= 15 is 0 Å². The van der Waals surface area contributed by atoms with Crippen molar-refractivity contribution in [2.45, 2.75) is 12.8 Å². The van der Waals surface area contributed by atoms with Gasteiger partial charge < -0.3 is 9.73 Å². The highest BCUT2D eigenvalue weighted by molar-refractivity contribution is 6.25. The summed E-state index contributed by atoms with van der Waals surface area (Å²) >= 11 is 0. The number of fused-ring (bicyclic) bond motifs is 9. The molecular weight excluding hydrogens is 607 g/mol. The van der Waals surface area contributed by atoms with Crippen molar-refractivity contribution < 1.29 is 4.42 Å². The quantitative estimate of drug-likeness (QED) is 0.190. The van der Waals surface area contributed by atoms with E-state index in [9.17, 15) is 0 Å². The van der Waals surface area contributed by atoms with Crippen LogP contribution >= 0.6 is 0 Å². The molecule has 2 heteroatoms. The second-order valence-corrected chi connectivity index (χ2v) is 13.2. The lowest BCUT2D eigenvalue weighted by Gasteiger charge is -2.20. The number of para-hydroxylation sites is 2. The SMILES string of the molecule is C1=C(c2ccc3c4ccccc4c4ccccc4c3c2)CCC(c2ccccc2-c2c(Nc3ccccc3)ccc3c2oc2ccccc23)=C1. The summed E-state index contributed by atoms with van der Waals surface area (Å²) in [6, 6.07) is 56.5. The molecule has 0 saturated carbocycles. The highest BCUT2D eigenvalue weighted by Crippen LogP contribution is 2.45. The average Bonchev–Trinajstić information content (AvgIpc) is 3.57. The molecule has 0 spiro atoms. The summed E-state index contributed by atoms with van der Waals surface area (Å²) in [6.45, 7) is 0. The van der Waals surface area contributed by atoms with E-state index in [1.54, 1.807) is 0 Å². The second kappa shape index (κ2) is 11.6. The van der Waals surface area contributed by atoms with Gasteiger partial charge in [0, 0.05) is 22.0 Å². The predicted octanol–water partition coefficient (Wildman–Crippen LogP) is 13.7. The third kappa shape index (κ3) is 4.64. The van der Waals surface area contributed by atoms with E-state index in [1.807, 2.05) is 12.1 Å². The van der Waals surface area contributed by atoms with Crippen molar-refractivity contribution in [2.75, 3.05) is 5.32 Å². The fourth-order valence-electron chi connectivity index (χ4n) is 8.03. The van der Waals surface area contributed by atoms with Crippen LogP contribution in [0.3, 0.4) is 0 Å². The molecule has 0 bridgehead atoms. The minimum atomic E-state index is 0.902. The number of rotatable bonds is 5. The van der Waals surface area contributed by atoms with Crippen molar-refractivity contribution in [1.82, 2.24) is 0 Å². The van der Waals surface area contributed by atoms with Gasteiger partial charge in [0.15, 0.2) is 0 Å². The molecule has 50 heavy (non-hydrogen) atoms. The minimum absolute atomic E-state index is 0.902. The first-order chi connectivity index (χ1) is 24.8. The molecule has 2 nitrogen and oxygen atoms in total. The Morgan fingerprint density at radius 3 is 1.70 bits per heavy atom. The monoisotopic (exact) mass is 639 g/mol. The van der Waals surface area contributed by atoms with Crippen LogP contribution in [-0.4, -0.2) is 0 Å². The molecule has 0 radical (unpaired) electrons. The molecule has 1 heterocycles. The maximum atomic E-state index is 6.65. The lowest BCUT2D eigenvalue weighted by molar-refractivity contribution is 0.670. The molecule has 0 aliphatic heterocycles. The Labute approximate surface area is 290 Å². The molecule has 9 aromatic rings. The highest BCUT2D eigenvalue weighted by Gasteiger charge is 2.21. The summed E-state index contributed by atoms with van der Waals surface area (Å²) < 4.78 is 6.65. The van der Waals surface area contributed by atoms with E-state index in [0.29, 0.717) is 0 Å². The van der Waals surface area contributed by atoms with Gasteiger partial charge in [0.2, 0.25) is 0 Å². The molecule has 1 aliphatic rings. The Hall–Kier alpha value is -6.38. The van der Waals surface area contributed by atoms with Gasteiger partial charge in [-0.25, -0.2) is 0 Å². The molecule has 0 unspecified atom stereocenters. The summed E-state index contributed by atoms with van der Waals surface area (Å²) in [6.07, 6.45) is 6.60. The summed E-state index contributed by atoms with van der Waals surface area (Å²) in [5.41, 5.74) is 11.4. The number of allylic oxidation sites excluding steroid dienone is 4. The zero-order valence-electron chi connectivity index (χ0n) is 27.5. The van der Waals surface area contributed by atoms with Gasteiger partial charge in [-0.1, -0.05) is 133 Å². The minimum Gasteiger partial charge on any atom is -0.455 e. The van der Waals surface area contributed by atoms with E-state index in [4.69, 9.17) is 4.42 Å². The van der Waals surface area contributed by atoms with Gasteiger partial charge in [-0.15, -0.1) is 0 Å². The van der Waals surface area contributed by atoms with Gasteiger partial charge in [-0.2, -0.15) is 0 Å². The molecule has 0 saturated heterocycles. The van der Waals surface area contributed by atoms with Crippen molar-refractivity contribution in [1.29, 1.82) is 0 Å². The summed E-state index contributed by atoms with van der Waals surface area (Å²) in [7, 11) is 0. The third-order valence-corrected chi connectivity index (χ3v) is 10.4. The van der Waals surface area contributed by atoms with Gasteiger partial charge >= 0.3 is 0 Å². The maximum Gasteiger partial charge on any atom is 0.145 e. The molecular formula is C48H33NO. The van der Waals surface area contributed by atoms with Crippen LogP contribution in [0, 0.1) is 0 Å². The Morgan fingerprint density at radius 2 is 0.980 bits per heavy atom. The van der Waals surface area contributed by atoms with Crippen molar-refractivity contribution in [2.24, 2.45) is 0 Å². The van der Waals surface area contributed by atoms with Crippen LogP contribution in [0.4, 0.5) is 11.4 Å². The Bertz CT molecular complexity index is 2800. The maximum absolute atomic E-state index is 6.65. The zero-order chi connectivity index (χ0) is 33.0. The van der Waals surface area contributed by atoms with E-state index in [2.05, 4.69) is 163 Å². The number of hydrogen-bond acceptors (Lipinski definition) is 2. The molecule has 1 N–H and O–H groups in total. The molecule has 0 fully saturated rings. The van der Waals surface area contributed by atoms with E-state index in [0.717, 1.165) is 51.7 Å². The van der Waals surface area contributed by atoms with Gasteiger partial charge in [-0.3, -0.25) is 0 Å². The number of benzene rings is 8. The predicted molar refractivity (Wildman–Crippen MR) is 213 cm³/mol. The average molecular weight is 640 g/mol. The molecule has 0 amide bonds. The molecule has 236 valence electrons. The topological polar surface area (TPSA) is 25.2 Å². The van der Waals surface area contributed by atoms with Crippen LogP contribution in [-0.2, 0) is 0 Å². The Balaban J connectivity index is 1.10. The van der Waals surface area contributed by atoms with E-state index in [1.165, 1.54) is 60.2 Å². The van der Waals surface area contributed by atoms with Crippen LogP contribution in [0.25, 0.3) is 76.5 Å². The lowest BCUT2D eigenvalue weighted by atomic mass is 9.85. The van der Waals surface area contributed by atoms with E-state index in [-0.39, 0.29) is 0 Å². The lowest BCUT2D eigenvalue weighted by Crippen LogP contribution is -1.99. The first-order valence-corrected chi connectivity index (χ1v) is 17.4. The molecule has 10 rings (SSSR count). The first-order valence-electron chi connectivity index (χ1n) is 17.4. The fourth-order valence-corrected chi connectivity index (χ4v) is 8.03. The number of anilines is 2. The normalized spacial score (nSPS) is 13.3. The highest BCUT2D eigenvalue weighted by atomic mass is 16.3. The summed E-state index contributed by atoms with van der Waals surface area (Å²) in [5.74, 6) is 0. The van der Waals surface area contributed by atoms with Crippen molar-refractivity contribution in [3.63, 3.8) is 0 Å². The standard InChI is InChI=1S/C48H33NO/c1-2-12-34(13-3-1)49-45-29-28-43-41-19-10-11-21-46(41)50-48(43)47(45)42-20-9-4-14-35(42)32-24-22-31(23-25-32)33-26-27-40-38-17-6-5-15-36(38)37-16-7-8-18-39(37)44(40)30-33/h1-22,24,26-30,49H,23,25H2. The van der Waals surface area contributed by atoms with Gasteiger partial charge in [0.25, 0.3) is 0 Å². The molecule has 1 aromatic heterocycles. The number of nitrogens with one attached hydrogen (secondary N) is 1. The number of hydrogen-bond donors (Lipinski definition) is 1. The van der Waals surface area contributed by atoms with E-state index < -0.39 is 0 Å². The summed E-state index contributed by atoms with van der Waals surface area (Å²) in [4.78, 5) is 0. The van der Waals surface area contributed by atoms with Crippen LogP contribution in [0.2, 0.25) is 0 Å². The summed E-state index contributed by atoms with van der Waals surface area (Å²) in [5, 5.41) is 13.8. The second-order valence-electron chi connectivity index (χ2n) is 13.2. The Kier molecular flexibility index (Phi) is 6.67. The third-order valence-electron chi connectivity index (χ3n) is 10.4. The molecule has 8 aromatic carbocycles.